The zero-order chi connectivity index (χ0) is 17.2. The fraction of sp³-hybridized carbons (Fsp3) is 0.100. The molecule has 0 radical (unpaired) electrons. The van der Waals surface area contributed by atoms with Crippen molar-refractivity contribution in [3.63, 3.8) is 0 Å². The Balaban J connectivity index is 2.01. The van der Waals surface area contributed by atoms with E-state index in [2.05, 4.69) is 17.1 Å². The van der Waals surface area contributed by atoms with Gasteiger partial charge in [0.05, 0.1) is 23.6 Å². The van der Waals surface area contributed by atoms with Gasteiger partial charge in [-0.2, -0.15) is 5.10 Å². The van der Waals surface area contributed by atoms with Crippen molar-refractivity contribution in [1.82, 2.24) is 14.6 Å². The predicted molar refractivity (Wildman–Crippen MR) is 99.6 cm³/mol. The number of hydrogen-bond donors (Lipinski definition) is 0. The molecule has 4 nitrogen and oxygen atoms in total. The van der Waals surface area contributed by atoms with E-state index < -0.39 is 0 Å². The molecule has 0 unspecified atom stereocenters. The van der Waals surface area contributed by atoms with Crippen molar-refractivity contribution in [2.45, 2.75) is 6.61 Å². The average Bonchev–Trinajstić information content (AvgIpc) is 3.01. The number of benzene rings is 2. The van der Waals surface area contributed by atoms with E-state index in [4.69, 9.17) is 21.4 Å². The van der Waals surface area contributed by atoms with Gasteiger partial charge in [-0.3, -0.25) is 0 Å². The molecule has 0 aliphatic heterocycles. The number of fused-ring (bicyclic) bond motifs is 1. The molecule has 124 valence electrons. The first-order valence-corrected chi connectivity index (χ1v) is 8.32. The van der Waals surface area contributed by atoms with E-state index in [0.29, 0.717) is 11.6 Å². The summed E-state index contributed by atoms with van der Waals surface area (Å²) in [5.74, 6) is 0. The summed E-state index contributed by atoms with van der Waals surface area (Å²) in [7, 11) is 1.66. The molecule has 4 aromatic rings. The molecule has 0 fully saturated rings. The Morgan fingerprint density at radius 3 is 2.56 bits per heavy atom. The van der Waals surface area contributed by atoms with Gasteiger partial charge in [0.15, 0.2) is 5.65 Å². The summed E-state index contributed by atoms with van der Waals surface area (Å²) in [5.41, 5.74) is 5.61. The lowest BCUT2D eigenvalue weighted by atomic mass is 10.1. The van der Waals surface area contributed by atoms with Gasteiger partial charge in [0.2, 0.25) is 0 Å². The fourth-order valence-corrected chi connectivity index (χ4v) is 3.18. The third-order valence-corrected chi connectivity index (χ3v) is 4.29. The van der Waals surface area contributed by atoms with Crippen molar-refractivity contribution in [1.29, 1.82) is 0 Å². The third kappa shape index (κ3) is 2.90. The van der Waals surface area contributed by atoms with Crippen molar-refractivity contribution >= 4 is 17.2 Å². The van der Waals surface area contributed by atoms with Crippen LogP contribution >= 0.6 is 11.6 Å². The molecule has 2 aromatic carbocycles. The van der Waals surface area contributed by atoms with Gasteiger partial charge >= 0.3 is 0 Å². The molecule has 0 saturated carbocycles. The molecule has 0 spiro atoms. The standard InChI is InChI=1S/C20H16ClN3O/c1-25-13-17-19(15-8-5-9-16(21)12-15)20-22-11-10-18(24(20)23-17)14-6-3-2-4-7-14/h2-12H,13H2,1H3. The summed E-state index contributed by atoms with van der Waals surface area (Å²) in [6.45, 7) is 0.402. The van der Waals surface area contributed by atoms with Gasteiger partial charge in [-0.25, -0.2) is 9.50 Å². The lowest BCUT2D eigenvalue weighted by molar-refractivity contribution is 0.181. The van der Waals surface area contributed by atoms with E-state index in [-0.39, 0.29) is 0 Å². The van der Waals surface area contributed by atoms with Crippen LogP contribution in [-0.2, 0) is 11.3 Å². The van der Waals surface area contributed by atoms with E-state index in [9.17, 15) is 0 Å². The van der Waals surface area contributed by atoms with Crippen LogP contribution < -0.4 is 0 Å². The highest BCUT2D eigenvalue weighted by Gasteiger charge is 2.18. The molecule has 0 aliphatic carbocycles. The van der Waals surface area contributed by atoms with Crippen LogP contribution in [0.15, 0.2) is 66.9 Å². The molecular weight excluding hydrogens is 334 g/mol. The van der Waals surface area contributed by atoms with E-state index in [1.165, 1.54) is 0 Å². The first-order valence-electron chi connectivity index (χ1n) is 7.95. The summed E-state index contributed by atoms with van der Waals surface area (Å²) in [6, 6.07) is 19.8. The van der Waals surface area contributed by atoms with E-state index in [1.54, 1.807) is 7.11 Å². The van der Waals surface area contributed by atoms with E-state index >= 15 is 0 Å². The van der Waals surface area contributed by atoms with Gasteiger partial charge in [0.1, 0.15) is 0 Å². The highest BCUT2D eigenvalue weighted by Crippen LogP contribution is 2.32. The van der Waals surface area contributed by atoms with Crippen molar-refractivity contribution in [3.8, 4) is 22.4 Å². The monoisotopic (exact) mass is 349 g/mol. The van der Waals surface area contributed by atoms with Gasteiger partial charge in [0, 0.05) is 23.9 Å². The Morgan fingerprint density at radius 1 is 1.00 bits per heavy atom. The molecule has 0 N–H and O–H groups in total. The lowest BCUT2D eigenvalue weighted by Gasteiger charge is -2.05. The summed E-state index contributed by atoms with van der Waals surface area (Å²) in [4.78, 5) is 4.58. The van der Waals surface area contributed by atoms with Crippen LogP contribution in [0.5, 0.6) is 0 Å². The second kappa shape index (κ2) is 6.67. The lowest BCUT2D eigenvalue weighted by Crippen LogP contribution is -1.96. The Morgan fingerprint density at radius 2 is 1.80 bits per heavy atom. The SMILES string of the molecule is COCc1nn2c(-c3ccccc3)ccnc2c1-c1cccc(Cl)c1. The first kappa shape index (κ1) is 15.8. The zero-order valence-corrected chi connectivity index (χ0v) is 14.4. The fourth-order valence-electron chi connectivity index (χ4n) is 2.99. The minimum Gasteiger partial charge on any atom is -0.378 e. The van der Waals surface area contributed by atoms with Crippen LogP contribution in [0.3, 0.4) is 0 Å². The highest BCUT2D eigenvalue weighted by molar-refractivity contribution is 6.30. The molecule has 0 aliphatic rings. The number of ether oxygens (including phenoxy) is 1. The van der Waals surface area contributed by atoms with Crippen LogP contribution in [0.4, 0.5) is 0 Å². The molecule has 0 bridgehead atoms. The van der Waals surface area contributed by atoms with Crippen LogP contribution in [0, 0.1) is 0 Å². The molecule has 0 amide bonds. The second-order valence-electron chi connectivity index (χ2n) is 5.70. The Hall–Kier alpha value is -2.69. The molecule has 5 heteroatoms. The van der Waals surface area contributed by atoms with Crippen molar-refractivity contribution in [3.05, 3.63) is 77.6 Å². The Bertz CT molecular complexity index is 1030. The zero-order valence-electron chi connectivity index (χ0n) is 13.7. The topological polar surface area (TPSA) is 39.4 Å². The smallest absolute Gasteiger partial charge is 0.163 e. The van der Waals surface area contributed by atoms with Crippen LogP contribution in [0.2, 0.25) is 5.02 Å². The average molecular weight is 350 g/mol. The maximum Gasteiger partial charge on any atom is 0.163 e. The summed E-state index contributed by atoms with van der Waals surface area (Å²) >= 11 is 6.19. The Labute approximate surface area is 150 Å². The normalized spacial score (nSPS) is 11.1. The van der Waals surface area contributed by atoms with Gasteiger partial charge in [-0.15, -0.1) is 0 Å². The van der Waals surface area contributed by atoms with Gasteiger partial charge in [0.25, 0.3) is 0 Å². The van der Waals surface area contributed by atoms with E-state index in [0.717, 1.165) is 33.7 Å². The number of methoxy groups -OCH3 is 1. The van der Waals surface area contributed by atoms with Crippen LogP contribution in [0.25, 0.3) is 28.0 Å². The molecule has 4 rings (SSSR count). The van der Waals surface area contributed by atoms with Gasteiger partial charge in [-0.05, 0) is 23.8 Å². The first-order chi connectivity index (χ1) is 12.3. The largest absolute Gasteiger partial charge is 0.378 e. The summed E-state index contributed by atoms with van der Waals surface area (Å²) in [6.07, 6.45) is 1.81. The number of halogens is 1. The van der Waals surface area contributed by atoms with Crippen LogP contribution in [0.1, 0.15) is 5.69 Å². The van der Waals surface area contributed by atoms with Crippen LogP contribution in [-0.4, -0.2) is 21.7 Å². The maximum absolute atomic E-state index is 6.19. The molecule has 25 heavy (non-hydrogen) atoms. The molecular formula is C20H16ClN3O. The highest BCUT2D eigenvalue weighted by atomic mass is 35.5. The quantitative estimate of drug-likeness (QED) is 0.528. The molecule has 0 atom stereocenters. The minimum atomic E-state index is 0.402. The van der Waals surface area contributed by atoms with Gasteiger partial charge < -0.3 is 4.74 Å². The van der Waals surface area contributed by atoms with E-state index in [1.807, 2.05) is 59.2 Å². The van der Waals surface area contributed by atoms with Crippen molar-refractivity contribution in [2.24, 2.45) is 0 Å². The second-order valence-corrected chi connectivity index (χ2v) is 6.13. The predicted octanol–water partition coefficient (Wildman–Crippen LogP) is 4.86. The maximum atomic E-state index is 6.19. The van der Waals surface area contributed by atoms with Crippen molar-refractivity contribution in [2.75, 3.05) is 7.11 Å². The number of aromatic nitrogens is 3. The number of rotatable bonds is 4. The number of nitrogens with zero attached hydrogens (tertiary/aromatic N) is 3. The Kier molecular flexibility index (Phi) is 4.22. The third-order valence-electron chi connectivity index (χ3n) is 4.05. The molecule has 2 aromatic heterocycles. The number of hydrogen-bond acceptors (Lipinski definition) is 3. The van der Waals surface area contributed by atoms with Gasteiger partial charge in [-0.1, -0.05) is 54.1 Å². The summed E-state index contributed by atoms with van der Waals surface area (Å²) in [5, 5.41) is 5.45. The van der Waals surface area contributed by atoms with Crippen molar-refractivity contribution < 1.29 is 4.74 Å². The minimum absolute atomic E-state index is 0.402. The molecule has 0 saturated heterocycles. The summed E-state index contributed by atoms with van der Waals surface area (Å²) < 4.78 is 7.23. The molecule has 2 heterocycles.